The molecule has 0 aliphatic heterocycles. The van der Waals surface area contributed by atoms with Crippen molar-refractivity contribution < 1.29 is 14.5 Å². The van der Waals surface area contributed by atoms with E-state index in [1.54, 1.807) is 7.11 Å². The van der Waals surface area contributed by atoms with Crippen LogP contribution in [0.4, 0.5) is 0 Å². The van der Waals surface area contributed by atoms with Gasteiger partial charge in [0, 0.05) is 7.11 Å². The van der Waals surface area contributed by atoms with E-state index in [1.165, 1.54) is 57.8 Å². The maximum Gasteiger partial charge on any atom is 0.195 e. The van der Waals surface area contributed by atoms with Crippen LogP contribution in [0, 0.1) is 0 Å². The van der Waals surface area contributed by atoms with Gasteiger partial charge in [0.1, 0.15) is 0 Å². The van der Waals surface area contributed by atoms with E-state index in [9.17, 15) is 0 Å². The van der Waals surface area contributed by atoms with Gasteiger partial charge in [0.05, 0.1) is 6.61 Å². The molecule has 3 heteroatoms. The number of hydrogen-bond donors (Lipinski definition) is 0. The molecule has 0 aromatic rings. The van der Waals surface area contributed by atoms with Crippen molar-refractivity contribution in [2.45, 2.75) is 90.8 Å². The Morgan fingerprint density at radius 2 is 1.21 bits per heavy atom. The molecule has 0 saturated heterocycles. The highest BCUT2D eigenvalue weighted by Crippen LogP contribution is 2.12. The van der Waals surface area contributed by atoms with Gasteiger partial charge in [0.25, 0.3) is 0 Å². The zero-order valence-corrected chi connectivity index (χ0v) is 13.5. The van der Waals surface area contributed by atoms with Gasteiger partial charge in [-0.3, -0.25) is 0 Å². The predicted molar refractivity (Wildman–Crippen MR) is 80.0 cm³/mol. The molecule has 0 amide bonds. The molecule has 0 heterocycles. The summed E-state index contributed by atoms with van der Waals surface area (Å²) in [4.78, 5) is 10.3. The summed E-state index contributed by atoms with van der Waals surface area (Å²) in [5.74, 6) is -0.640. The summed E-state index contributed by atoms with van der Waals surface area (Å²) in [5.41, 5.74) is 0. The first-order chi connectivity index (χ1) is 9.12. The Balaban J connectivity index is 3.07. The van der Waals surface area contributed by atoms with Crippen LogP contribution >= 0.6 is 0 Å². The molecule has 0 spiro atoms. The third kappa shape index (κ3) is 14.1. The van der Waals surface area contributed by atoms with E-state index in [-0.39, 0.29) is 0 Å². The van der Waals surface area contributed by atoms with Crippen LogP contribution in [0.2, 0.25) is 0 Å². The van der Waals surface area contributed by atoms with Crippen molar-refractivity contribution in [1.29, 1.82) is 0 Å². The Hall–Kier alpha value is -0.120. The largest absolute Gasteiger partial charge is 0.351 e. The fraction of sp³-hybridized carbons (Fsp3) is 1.00. The molecular formula is C16H34O3. The predicted octanol–water partition coefficient (Wildman–Crippen LogP) is 5.24. The summed E-state index contributed by atoms with van der Waals surface area (Å²) in [5, 5.41) is 0. The van der Waals surface area contributed by atoms with Crippen LogP contribution in [-0.2, 0) is 14.5 Å². The second-order valence-electron chi connectivity index (χ2n) is 5.69. The molecule has 0 bridgehead atoms. The van der Waals surface area contributed by atoms with Crippen molar-refractivity contribution in [3.05, 3.63) is 0 Å². The minimum absolute atomic E-state index is 0.640. The van der Waals surface area contributed by atoms with Gasteiger partial charge in [-0.05, 0) is 20.3 Å². The van der Waals surface area contributed by atoms with Crippen LogP contribution in [-0.4, -0.2) is 19.5 Å². The van der Waals surface area contributed by atoms with Crippen molar-refractivity contribution in [2.24, 2.45) is 0 Å². The molecule has 0 aromatic heterocycles. The van der Waals surface area contributed by atoms with Crippen LogP contribution < -0.4 is 0 Å². The number of ether oxygens (including phenoxy) is 1. The highest BCUT2D eigenvalue weighted by molar-refractivity contribution is 4.48. The van der Waals surface area contributed by atoms with Crippen LogP contribution in [0.5, 0.6) is 0 Å². The molecule has 0 saturated carbocycles. The molecule has 0 fully saturated rings. The maximum absolute atomic E-state index is 5.14. The molecule has 3 nitrogen and oxygen atoms in total. The average molecular weight is 274 g/mol. The topological polar surface area (TPSA) is 27.7 Å². The van der Waals surface area contributed by atoms with Crippen molar-refractivity contribution in [3.63, 3.8) is 0 Å². The van der Waals surface area contributed by atoms with Gasteiger partial charge in [-0.25, -0.2) is 9.78 Å². The average Bonchev–Trinajstić information content (AvgIpc) is 2.40. The van der Waals surface area contributed by atoms with Gasteiger partial charge in [-0.2, -0.15) is 0 Å². The first-order valence-corrected chi connectivity index (χ1v) is 7.98. The molecule has 0 aliphatic rings. The number of rotatable bonds is 14. The Morgan fingerprint density at radius 1 is 0.737 bits per heavy atom. The highest BCUT2D eigenvalue weighted by atomic mass is 17.2. The molecule has 116 valence electrons. The van der Waals surface area contributed by atoms with Gasteiger partial charge in [-0.15, -0.1) is 0 Å². The summed E-state index contributed by atoms with van der Waals surface area (Å²) in [6, 6.07) is 0. The zero-order valence-electron chi connectivity index (χ0n) is 13.5. The first-order valence-electron chi connectivity index (χ1n) is 7.98. The molecular weight excluding hydrogens is 240 g/mol. The fourth-order valence-corrected chi connectivity index (χ4v) is 1.87. The van der Waals surface area contributed by atoms with E-state index in [4.69, 9.17) is 14.5 Å². The Morgan fingerprint density at radius 3 is 1.68 bits per heavy atom. The quantitative estimate of drug-likeness (QED) is 0.188. The SMILES string of the molecule is CCCCCCCCCCCCOOC(C)(C)OC. The lowest BCUT2D eigenvalue weighted by atomic mass is 10.1. The summed E-state index contributed by atoms with van der Waals surface area (Å²) >= 11 is 0. The lowest BCUT2D eigenvalue weighted by Crippen LogP contribution is -2.26. The molecule has 19 heavy (non-hydrogen) atoms. The Labute approximate surface area is 119 Å². The van der Waals surface area contributed by atoms with Crippen LogP contribution in [0.25, 0.3) is 0 Å². The third-order valence-electron chi connectivity index (χ3n) is 3.33. The molecule has 0 radical (unpaired) electrons. The van der Waals surface area contributed by atoms with E-state index < -0.39 is 5.79 Å². The second kappa shape index (κ2) is 12.9. The van der Waals surface area contributed by atoms with E-state index >= 15 is 0 Å². The van der Waals surface area contributed by atoms with Crippen LogP contribution in [0.1, 0.15) is 85.0 Å². The number of unbranched alkanes of at least 4 members (excludes halogenated alkanes) is 9. The lowest BCUT2D eigenvalue weighted by Gasteiger charge is -2.21. The van der Waals surface area contributed by atoms with E-state index in [0.717, 1.165) is 6.42 Å². The van der Waals surface area contributed by atoms with Gasteiger partial charge < -0.3 is 4.74 Å². The molecule has 0 aliphatic carbocycles. The van der Waals surface area contributed by atoms with Gasteiger partial charge in [-0.1, -0.05) is 64.7 Å². The maximum atomic E-state index is 5.14. The summed E-state index contributed by atoms with van der Waals surface area (Å²) < 4.78 is 5.09. The molecule has 0 atom stereocenters. The van der Waals surface area contributed by atoms with Gasteiger partial charge in [0.15, 0.2) is 5.79 Å². The van der Waals surface area contributed by atoms with Crippen LogP contribution in [0.15, 0.2) is 0 Å². The molecule has 0 aromatic carbocycles. The van der Waals surface area contributed by atoms with Crippen LogP contribution in [0.3, 0.4) is 0 Å². The second-order valence-corrected chi connectivity index (χ2v) is 5.69. The Kier molecular flexibility index (Phi) is 12.8. The summed E-state index contributed by atoms with van der Waals surface area (Å²) in [7, 11) is 1.61. The van der Waals surface area contributed by atoms with E-state index in [1.807, 2.05) is 13.8 Å². The third-order valence-corrected chi connectivity index (χ3v) is 3.33. The van der Waals surface area contributed by atoms with Gasteiger partial charge >= 0.3 is 0 Å². The monoisotopic (exact) mass is 274 g/mol. The molecule has 0 N–H and O–H groups in total. The van der Waals surface area contributed by atoms with Crippen molar-refractivity contribution in [1.82, 2.24) is 0 Å². The summed E-state index contributed by atoms with van der Waals surface area (Å²) in [6.45, 7) is 6.60. The smallest absolute Gasteiger partial charge is 0.195 e. The highest BCUT2D eigenvalue weighted by Gasteiger charge is 2.17. The number of hydrogen-bond acceptors (Lipinski definition) is 3. The lowest BCUT2D eigenvalue weighted by molar-refractivity contribution is -0.413. The van der Waals surface area contributed by atoms with Crippen molar-refractivity contribution >= 4 is 0 Å². The minimum atomic E-state index is -0.640. The first kappa shape index (κ1) is 18.9. The van der Waals surface area contributed by atoms with Crippen molar-refractivity contribution in [2.75, 3.05) is 13.7 Å². The fourth-order valence-electron chi connectivity index (χ4n) is 1.87. The summed E-state index contributed by atoms with van der Waals surface area (Å²) in [6.07, 6.45) is 13.3. The Bertz CT molecular complexity index is 181. The van der Waals surface area contributed by atoms with Gasteiger partial charge in [0.2, 0.25) is 0 Å². The van der Waals surface area contributed by atoms with Crippen molar-refractivity contribution in [3.8, 4) is 0 Å². The standard InChI is InChI=1S/C16H34O3/c1-5-6-7-8-9-10-11-12-13-14-15-18-19-16(2,3)17-4/h5-15H2,1-4H3. The molecule has 0 rings (SSSR count). The minimum Gasteiger partial charge on any atom is -0.351 e. The normalized spacial score (nSPS) is 12.0. The number of methoxy groups -OCH3 is 1. The zero-order chi connectivity index (χ0) is 14.4. The molecule has 0 unspecified atom stereocenters. The van der Waals surface area contributed by atoms with E-state index in [2.05, 4.69) is 6.92 Å². The van der Waals surface area contributed by atoms with E-state index in [0.29, 0.717) is 6.61 Å².